The number of rotatable bonds is 3. The maximum absolute atomic E-state index is 5.03. The van der Waals surface area contributed by atoms with Gasteiger partial charge in [0.05, 0.1) is 11.7 Å². The number of aliphatic imine (C=N–C) groups is 1. The molecule has 6 rings (SSSR count). The number of amidine groups is 1. The first kappa shape index (κ1) is 18.3. The second kappa shape index (κ2) is 7.68. The van der Waals surface area contributed by atoms with E-state index in [0.29, 0.717) is 0 Å². The fourth-order valence-corrected chi connectivity index (χ4v) is 5.09. The lowest BCUT2D eigenvalue weighted by Gasteiger charge is -2.40. The molecule has 3 nitrogen and oxygen atoms in total. The molecule has 0 aliphatic carbocycles. The summed E-state index contributed by atoms with van der Waals surface area (Å²) in [6.07, 6.45) is 0. The van der Waals surface area contributed by atoms with Crippen molar-refractivity contribution in [1.82, 2.24) is 9.80 Å². The van der Waals surface area contributed by atoms with Crippen molar-refractivity contribution in [1.29, 1.82) is 0 Å². The summed E-state index contributed by atoms with van der Waals surface area (Å²) >= 11 is 0. The Morgan fingerprint density at radius 2 is 1.23 bits per heavy atom. The molecule has 0 atom stereocenters. The van der Waals surface area contributed by atoms with E-state index in [-0.39, 0.29) is 6.04 Å². The van der Waals surface area contributed by atoms with Crippen LogP contribution < -0.4 is 0 Å². The fourth-order valence-electron chi connectivity index (χ4n) is 5.09. The summed E-state index contributed by atoms with van der Waals surface area (Å²) in [5.74, 6) is 1.14. The van der Waals surface area contributed by atoms with Crippen molar-refractivity contribution in [2.75, 3.05) is 26.2 Å². The average molecular weight is 404 g/mol. The van der Waals surface area contributed by atoms with Crippen molar-refractivity contribution < 1.29 is 0 Å². The van der Waals surface area contributed by atoms with Gasteiger partial charge in [-0.25, -0.2) is 4.99 Å². The van der Waals surface area contributed by atoms with Crippen molar-refractivity contribution in [2.45, 2.75) is 6.04 Å². The zero-order valence-electron chi connectivity index (χ0n) is 17.5. The Labute approximate surface area is 183 Å². The molecule has 1 saturated heterocycles. The van der Waals surface area contributed by atoms with E-state index in [9.17, 15) is 0 Å². The van der Waals surface area contributed by atoms with Gasteiger partial charge in [0, 0.05) is 37.1 Å². The standard InChI is InChI=1S/C28H25N3/c1-3-9-22(10-4-1)27(23-11-5-2-6-12-23)30-17-19-31(20-18-30)28-24-15-7-13-21-14-8-16-25(29-28)26(21)24/h1-16,27H,17-20H2. The molecular weight excluding hydrogens is 378 g/mol. The van der Waals surface area contributed by atoms with Crippen LogP contribution in [-0.4, -0.2) is 41.8 Å². The lowest BCUT2D eigenvalue weighted by molar-refractivity contribution is 0.150. The van der Waals surface area contributed by atoms with Crippen molar-refractivity contribution in [3.63, 3.8) is 0 Å². The van der Waals surface area contributed by atoms with Gasteiger partial charge in [-0.2, -0.15) is 0 Å². The minimum absolute atomic E-state index is 0.288. The third kappa shape index (κ3) is 3.22. The summed E-state index contributed by atoms with van der Waals surface area (Å²) in [5.41, 5.74) is 5.11. The third-order valence-corrected chi connectivity index (χ3v) is 6.56. The van der Waals surface area contributed by atoms with E-state index >= 15 is 0 Å². The number of piperazine rings is 1. The zero-order chi connectivity index (χ0) is 20.6. The van der Waals surface area contributed by atoms with Gasteiger partial charge in [-0.15, -0.1) is 0 Å². The molecule has 3 heteroatoms. The Hall–Kier alpha value is -3.43. The summed E-state index contributed by atoms with van der Waals surface area (Å²) < 4.78 is 0. The molecule has 0 radical (unpaired) electrons. The van der Waals surface area contributed by atoms with Crippen LogP contribution in [0.4, 0.5) is 5.69 Å². The largest absolute Gasteiger partial charge is 0.354 e. The molecule has 0 spiro atoms. The predicted octanol–water partition coefficient (Wildman–Crippen LogP) is 5.64. The Kier molecular flexibility index (Phi) is 4.54. The molecule has 2 aliphatic rings. The second-order valence-electron chi connectivity index (χ2n) is 8.36. The highest BCUT2D eigenvalue weighted by Crippen LogP contribution is 2.37. The van der Waals surface area contributed by atoms with Gasteiger partial charge in [0.2, 0.25) is 0 Å². The molecule has 0 N–H and O–H groups in total. The van der Waals surface area contributed by atoms with Gasteiger partial charge in [0.15, 0.2) is 0 Å². The van der Waals surface area contributed by atoms with Gasteiger partial charge < -0.3 is 4.90 Å². The molecule has 0 saturated carbocycles. The Morgan fingerprint density at radius 3 is 1.87 bits per heavy atom. The minimum atomic E-state index is 0.288. The Bertz CT molecular complexity index is 1190. The van der Waals surface area contributed by atoms with Gasteiger partial charge >= 0.3 is 0 Å². The SMILES string of the molecule is c1ccc(C(c2ccccc2)N2CCN(C3=Nc4cccc5cccc3c45)CC2)cc1. The van der Waals surface area contributed by atoms with Crippen LogP contribution in [0.3, 0.4) is 0 Å². The van der Waals surface area contributed by atoms with Gasteiger partial charge in [-0.3, -0.25) is 4.90 Å². The first-order chi connectivity index (χ1) is 15.4. The maximum atomic E-state index is 5.03. The molecule has 1 fully saturated rings. The first-order valence-corrected chi connectivity index (χ1v) is 11.1. The van der Waals surface area contributed by atoms with E-state index in [4.69, 9.17) is 4.99 Å². The summed E-state index contributed by atoms with van der Waals surface area (Å²) in [6, 6.07) is 35.1. The normalized spacial score (nSPS) is 16.2. The second-order valence-corrected chi connectivity index (χ2v) is 8.36. The van der Waals surface area contributed by atoms with Crippen LogP contribution in [0.2, 0.25) is 0 Å². The van der Waals surface area contributed by atoms with Crippen LogP contribution >= 0.6 is 0 Å². The van der Waals surface area contributed by atoms with Gasteiger partial charge in [0.25, 0.3) is 0 Å². The summed E-state index contributed by atoms with van der Waals surface area (Å²) in [6.45, 7) is 4.00. The molecule has 2 aliphatic heterocycles. The van der Waals surface area contributed by atoms with Gasteiger partial charge in [-0.05, 0) is 22.6 Å². The summed E-state index contributed by atoms with van der Waals surface area (Å²) in [4.78, 5) is 10.1. The minimum Gasteiger partial charge on any atom is -0.354 e. The first-order valence-electron chi connectivity index (χ1n) is 11.1. The molecule has 152 valence electrons. The van der Waals surface area contributed by atoms with Crippen LogP contribution in [0.25, 0.3) is 10.8 Å². The average Bonchev–Trinajstić information content (AvgIpc) is 3.22. The van der Waals surface area contributed by atoms with Crippen LogP contribution in [-0.2, 0) is 0 Å². The Morgan fingerprint density at radius 1 is 0.613 bits per heavy atom. The van der Waals surface area contributed by atoms with Crippen LogP contribution in [0.15, 0.2) is 102 Å². The quantitative estimate of drug-likeness (QED) is 0.441. The van der Waals surface area contributed by atoms with Crippen molar-refractivity contribution >= 4 is 22.3 Å². The molecule has 0 unspecified atom stereocenters. The maximum Gasteiger partial charge on any atom is 0.137 e. The highest BCUT2D eigenvalue weighted by atomic mass is 15.3. The number of nitrogens with zero attached hydrogens (tertiary/aromatic N) is 3. The molecular formula is C28H25N3. The lowest BCUT2D eigenvalue weighted by atomic mass is 9.96. The molecule has 0 bridgehead atoms. The van der Waals surface area contributed by atoms with E-state index in [1.807, 2.05) is 0 Å². The zero-order valence-corrected chi connectivity index (χ0v) is 17.5. The molecule has 31 heavy (non-hydrogen) atoms. The lowest BCUT2D eigenvalue weighted by Crippen LogP contribution is -2.49. The predicted molar refractivity (Wildman–Crippen MR) is 128 cm³/mol. The number of hydrogen-bond donors (Lipinski definition) is 0. The van der Waals surface area contributed by atoms with Crippen LogP contribution in [0, 0.1) is 0 Å². The molecule has 0 amide bonds. The molecule has 0 aromatic heterocycles. The van der Waals surface area contributed by atoms with Crippen molar-refractivity contribution in [2.24, 2.45) is 4.99 Å². The molecule has 2 heterocycles. The monoisotopic (exact) mass is 403 g/mol. The van der Waals surface area contributed by atoms with Crippen LogP contribution in [0.1, 0.15) is 22.7 Å². The van der Waals surface area contributed by atoms with Crippen molar-refractivity contribution in [3.8, 4) is 0 Å². The number of benzene rings is 4. The summed E-state index contributed by atoms with van der Waals surface area (Å²) in [5, 5.41) is 2.58. The number of hydrogen-bond acceptors (Lipinski definition) is 3. The molecule has 4 aromatic carbocycles. The van der Waals surface area contributed by atoms with E-state index in [2.05, 4.69) is 107 Å². The third-order valence-electron chi connectivity index (χ3n) is 6.56. The smallest absolute Gasteiger partial charge is 0.137 e. The van der Waals surface area contributed by atoms with E-state index in [1.165, 1.54) is 27.5 Å². The molecule has 4 aromatic rings. The van der Waals surface area contributed by atoms with E-state index in [1.54, 1.807) is 0 Å². The topological polar surface area (TPSA) is 18.8 Å². The van der Waals surface area contributed by atoms with Crippen molar-refractivity contribution in [3.05, 3.63) is 114 Å². The highest BCUT2D eigenvalue weighted by Gasteiger charge is 2.30. The van der Waals surface area contributed by atoms with Gasteiger partial charge in [-0.1, -0.05) is 91.0 Å². The highest BCUT2D eigenvalue weighted by molar-refractivity contribution is 6.18. The van der Waals surface area contributed by atoms with E-state index < -0.39 is 0 Å². The summed E-state index contributed by atoms with van der Waals surface area (Å²) in [7, 11) is 0. The van der Waals surface area contributed by atoms with E-state index in [0.717, 1.165) is 37.7 Å². The van der Waals surface area contributed by atoms with Gasteiger partial charge in [0.1, 0.15) is 5.84 Å². The Balaban J connectivity index is 1.27. The fraction of sp³-hybridized carbons (Fsp3) is 0.179. The van der Waals surface area contributed by atoms with Crippen LogP contribution in [0.5, 0.6) is 0 Å².